The Morgan fingerprint density at radius 1 is 1.08 bits per heavy atom. The quantitative estimate of drug-likeness (QED) is 0.752. The molecule has 2 aromatic carbocycles. The Labute approximate surface area is 151 Å². The molecule has 0 amide bonds. The number of allylic oxidation sites excluding steroid dienone is 1. The molecule has 1 aliphatic rings. The first-order chi connectivity index (χ1) is 12.0. The Morgan fingerprint density at radius 2 is 1.72 bits per heavy atom. The molecule has 0 radical (unpaired) electrons. The van der Waals surface area contributed by atoms with Gasteiger partial charge >= 0.3 is 5.97 Å². The number of fused-ring (bicyclic) bond motifs is 1. The molecular formula is C21H17ClO3. The van der Waals surface area contributed by atoms with Gasteiger partial charge < -0.3 is 4.74 Å². The zero-order chi connectivity index (χ0) is 18.0. The molecule has 0 saturated carbocycles. The first-order valence-corrected chi connectivity index (χ1v) is 8.38. The predicted octanol–water partition coefficient (Wildman–Crippen LogP) is 4.65. The number of carbonyl (C=O) groups is 2. The SMILES string of the molecule is C=C1C(C(=O)OCC)=C(Cc2ccc(Cl)cc2)C(=O)c2ccccc21. The zero-order valence-electron chi connectivity index (χ0n) is 13.8. The lowest BCUT2D eigenvalue weighted by atomic mass is 9.80. The summed E-state index contributed by atoms with van der Waals surface area (Å²) in [6, 6.07) is 14.4. The van der Waals surface area contributed by atoms with Crippen LogP contribution in [-0.2, 0) is 16.0 Å². The molecule has 0 N–H and O–H groups in total. The van der Waals surface area contributed by atoms with E-state index in [9.17, 15) is 9.59 Å². The molecule has 0 aromatic heterocycles. The molecule has 0 bridgehead atoms. The van der Waals surface area contributed by atoms with Crippen molar-refractivity contribution < 1.29 is 14.3 Å². The highest BCUT2D eigenvalue weighted by Gasteiger charge is 2.32. The maximum Gasteiger partial charge on any atom is 0.339 e. The highest BCUT2D eigenvalue weighted by atomic mass is 35.5. The van der Waals surface area contributed by atoms with E-state index >= 15 is 0 Å². The van der Waals surface area contributed by atoms with Gasteiger partial charge in [-0.05, 0) is 35.8 Å². The summed E-state index contributed by atoms with van der Waals surface area (Å²) in [5, 5.41) is 0.619. The minimum Gasteiger partial charge on any atom is -0.462 e. The van der Waals surface area contributed by atoms with Crippen molar-refractivity contribution in [3.05, 3.63) is 88.0 Å². The monoisotopic (exact) mass is 352 g/mol. The van der Waals surface area contributed by atoms with E-state index in [0.717, 1.165) is 5.56 Å². The van der Waals surface area contributed by atoms with Crippen LogP contribution in [0.25, 0.3) is 5.57 Å². The fourth-order valence-corrected chi connectivity index (χ4v) is 3.09. The topological polar surface area (TPSA) is 43.4 Å². The van der Waals surface area contributed by atoms with Crippen molar-refractivity contribution in [2.24, 2.45) is 0 Å². The van der Waals surface area contributed by atoms with Crippen molar-refractivity contribution in [2.45, 2.75) is 13.3 Å². The summed E-state index contributed by atoms with van der Waals surface area (Å²) in [5.41, 5.74) is 3.32. The van der Waals surface area contributed by atoms with Crippen LogP contribution in [0.1, 0.15) is 28.4 Å². The number of halogens is 1. The van der Waals surface area contributed by atoms with Crippen LogP contribution < -0.4 is 0 Å². The van der Waals surface area contributed by atoms with Crippen molar-refractivity contribution in [2.75, 3.05) is 6.61 Å². The van der Waals surface area contributed by atoms with Crippen LogP contribution in [0.4, 0.5) is 0 Å². The lowest BCUT2D eigenvalue weighted by molar-refractivity contribution is -0.138. The molecule has 0 atom stereocenters. The molecule has 0 saturated heterocycles. The van der Waals surface area contributed by atoms with Crippen molar-refractivity contribution in [1.29, 1.82) is 0 Å². The molecule has 126 valence electrons. The Morgan fingerprint density at radius 3 is 2.36 bits per heavy atom. The van der Waals surface area contributed by atoms with Gasteiger partial charge in [0.05, 0.1) is 12.2 Å². The van der Waals surface area contributed by atoms with Crippen molar-refractivity contribution >= 4 is 28.9 Å². The van der Waals surface area contributed by atoms with Crippen molar-refractivity contribution in [3.8, 4) is 0 Å². The van der Waals surface area contributed by atoms with Crippen molar-refractivity contribution in [3.63, 3.8) is 0 Å². The fraction of sp³-hybridized carbons (Fsp3) is 0.143. The summed E-state index contributed by atoms with van der Waals surface area (Å²) >= 11 is 5.93. The molecule has 0 unspecified atom stereocenters. The molecule has 0 aliphatic heterocycles. The maximum atomic E-state index is 13.0. The van der Waals surface area contributed by atoms with Crippen LogP contribution in [0.3, 0.4) is 0 Å². The summed E-state index contributed by atoms with van der Waals surface area (Å²) in [4.78, 5) is 25.5. The minimum atomic E-state index is -0.515. The molecule has 0 spiro atoms. The normalized spacial score (nSPS) is 13.7. The van der Waals surface area contributed by atoms with Crippen LogP contribution in [-0.4, -0.2) is 18.4 Å². The fourth-order valence-electron chi connectivity index (χ4n) is 2.96. The largest absolute Gasteiger partial charge is 0.462 e. The summed E-state index contributed by atoms with van der Waals surface area (Å²) in [7, 11) is 0. The lowest BCUT2D eigenvalue weighted by Gasteiger charge is -2.23. The molecule has 25 heavy (non-hydrogen) atoms. The van der Waals surface area contributed by atoms with Crippen LogP contribution >= 0.6 is 11.6 Å². The summed E-state index contributed by atoms with van der Waals surface area (Å²) in [5.74, 6) is -0.680. The van der Waals surface area contributed by atoms with Gasteiger partial charge in [0.25, 0.3) is 0 Å². The third-order valence-corrected chi connectivity index (χ3v) is 4.40. The zero-order valence-corrected chi connectivity index (χ0v) is 14.6. The number of hydrogen-bond donors (Lipinski definition) is 0. The number of esters is 1. The molecule has 0 fully saturated rings. The molecule has 3 nitrogen and oxygen atoms in total. The van der Waals surface area contributed by atoms with Gasteiger partial charge in [-0.1, -0.05) is 54.6 Å². The Hall–Kier alpha value is -2.65. The molecular weight excluding hydrogens is 336 g/mol. The van der Waals surface area contributed by atoms with E-state index in [2.05, 4.69) is 6.58 Å². The average molecular weight is 353 g/mol. The van der Waals surface area contributed by atoms with Gasteiger partial charge in [0.2, 0.25) is 0 Å². The van der Waals surface area contributed by atoms with Gasteiger partial charge in [0.1, 0.15) is 0 Å². The van der Waals surface area contributed by atoms with Gasteiger partial charge in [0, 0.05) is 22.6 Å². The van der Waals surface area contributed by atoms with E-state index in [1.807, 2.05) is 18.2 Å². The number of hydrogen-bond acceptors (Lipinski definition) is 3. The number of Topliss-reactive ketones (excluding diaryl/α,β-unsaturated/α-hetero) is 1. The van der Waals surface area contributed by atoms with E-state index in [1.54, 1.807) is 37.3 Å². The number of ether oxygens (including phenoxy) is 1. The van der Waals surface area contributed by atoms with Gasteiger partial charge in [0.15, 0.2) is 5.78 Å². The Kier molecular flexibility index (Phi) is 4.86. The molecule has 3 rings (SSSR count). The number of ketones is 1. The lowest BCUT2D eigenvalue weighted by Crippen LogP contribution is -2.22. The first-order valence-electron chi connectivity index (χ1n) is 8.01. The second kappa shape index (κ2) is 7.08. The predicted molar refractivity (Wildman–Crippen MR) is 98.6 cm³/mol. The average Bonchev–Trinajstić information content (AvgIpc) is 2.61. The molecule has 0 heterocycles. The van der Waals surface area contributed by atoms with Crippen LogP contribution in [0.5, 0.6) is 0 Å². The molecule has 2 aromatic rings. The minimum absolute atomic E-state index is 0.166. The van der Waals surface area contributed by atoms with Crippen molar-refractivity contribution in [1.82, 2.24) is 0 Å². The maximum absolute atomic E-state index is 13.0. The van der Waals surface area contributed by atoms with E-state index in [4.69, 9.17) is 16.3 Å². The number of rotatable bonds is 4. The summed E-state index contributed by atoms with van der Waals surface area (Å²) in [6.45, 7) is 6.02. The summed E-state index contributed by atoms with van der Waals surface area (Å²) < 4.78 is 5.17. The highest BCUT2D eigenvalue weighted by molar-refractivity contribution is 6.30. The Balaban J connectivity index is 2.12. The van der Waals surface area contributed by atoms with Crippen LogP contribution in [0.15, 0.2) is 66.3 Å². The second-order valence-electron chi connectivity index (χ2n) is 5.73. The van der Waals surface area contributed by atoms with Gasteiger partial charge in [-0.25, -0.2) is 4.79 Å². The van der Waals surface area contributed by atoms with E-state index in [1.165, 1.54) is 0 Å². The van der Waals surface area contributed by atoms with Gasteiger partial charge in [-0.15, -0.1) is 0 Å². The standard InChI is InChI=1S/C21H17ClO3/c1-3-25-21(24)19-13(2)16-6-4-5-7-17(16)20(23)18(19)12-14-8-10-15(22)11-9-14/h4-11H,2-3,12H2,1H3. The van der Waals surface area contributed by atoms with E-state index in [0.29, 0.717) is 33.7 Å². The third-order valence-electron chi connectivity index (χ3n) is 4.15. The molecule has 1 aliphatic carbocycles. The highest BCUT2D eigenvalue weighted by Crippen LogP contribution is 2.36. The Bertz CT molecular complexity index is 892. The van der Waals surface area contributed by atoms with E-state index in [-0.39, 0.29) is 18.0 Å². The third kappa shape index (κ3) is 3.28. The summed E-state index contributed by atoms with van der Waals surface area (Å²) in [6.07, 6.45) is 0.317. The van der Waals surface area contributed by atoms with E-state index < -0.39 is 5.97 Å². The van der Waals surface area contributed by atoms with Gasteiger partial charge in [-0.3, -0.25) is 4.79 Å². The van der Waals surface area contributed by atoms with Gasteiger partial charge in [-0.2, -0.15) is 0 Å². The van der Waals surface area contributed by atoms with Crippen LogP contribution in [0, 0.1) is 0 Å². The first kappa shape index (κ1) is 17.2. The smallest absolute Gasteiger partial charge is 0.339 e. The second-order valence-corrected chi connectivity index (χ2v) is 6.17. The number of benzene rings is 2. The molecule has 4 heteroatoms. The number of carbonyl (C=O) groups excluding carboxylic acids is 2. The van der Waals surface area contributed by atoms with Crippen LogP contribution in [0.2, 0.25) is 5.02 Å².